The Bertz CT molecular complexity index is 412. The highest BCUT2D eigenvalue weighted by Crippen LogP contribution is 2.21. The van der Waals surface area contributed by atoms with Gasteiger partial charge in [-0.2, -0.15) is 4.98 Å². The first-order valence-corrected chi connectivity index (χ1v) is 4.14. The number of nitrogens with zero attached hydrogens (tertiary/aromatic N) is 3. The summed E-state index contributed by atoms with van der Waals surface area (Å²) >= 11 is 3.33. The highest BCUT2D eigenvalue weighted by molar-refractivity contribution is 9.10. The highest BCUT2D eigenvalue weighted by Gasteiger charge is 2.03. The van der Waals surface area contributed by atoms with Crippen LogP contribution in [0, 0.1) is 0 Å². The van der Waals surface area contributed by atoms with Crippen LogP contribution in [0.25, 0.3) is 5.78 Å². The fourth-order valence-electron chi connectivity index (χ4n) is 0.957. The van der Waals surface area contributed by atoms with E-state index < -0.39 is 0 Å². The average Bonchev–Trinajstić information content (AvgIpc) is 2.49. The van der Waals surface area contributed by atoms with Crippen molar-refractivity contribution in [3.63, 3.8) is 0 Å². The van der Waals surface area contributed by atoms with E-state index in [4.69, 9.17) is 4.74 Å². The lowest BCUT2D eigenvalue weighted by Crippen LogP contribution is -1.93. The van der Waals surface area contributed by atoms with E-state index in [1.165, 1.54) is 0 Å². The van der Waals surface area contributed by atoms with Gasteiger partial charge in [-0.15, -0.1) is 0 Å². The van der Waals surface area contributed by atoms with Crippen LogP contribution in [-0.4, -0.2) is 21.5 Å². The van der Waals surface area contributed by atoms with Crippen LogP contribution in [0.3, 0.4) is 0 Å². The molecule has 0 saturated carbocycles. The average molecular weight is 228 g/mol. The third-order valence-electron chi connectivity index (χ3n) is 1.50. The van der Waals surface area contributed by atoms with Crippen LogP contribution in [0.1, 0.15) is 0 Å². The van der Waals surface area contributed by atoms with Crippen LogP contribution in [0.5, 0.6) is 5.88 Å². The molecule has 2 aromatic rings. The number of hydrogen-bond acceptors (Lipinski definition) is 3. The second-order valence-electron chi connectivity index (χ2n) is 2.23. The molecular weight excluding hydrogens is 222 g/mol. The number of halogens is 1. The molecule has 62 valence electrons. The minimum atomic E-state index is 0.550. The van der Waals surface area contributed by atoms with E-state index in [2.05, 4.69) is 25.9 Å². The maximum atomic E-state index is 5.01. The minimum Gasteiger partial charge on any atom is -0.480 e. The van der Waals surface area contributed by atoms with E-state index >= 15 is 0 Å². The van der Waals surface area contributed by atoms with Gasteiger partial charge in [0, 0.05) is 18.6 Å². The molecule has 0 aliphatic carbocycles. The van der Waals surface area contributed by atoms with E-state index in [0.717, 1.165) is 4.47 Å². The third-order valence-corrected chi connectivity index (χ3v) is 2.04. The summed E-state index contributed by atoms with van der Waals surface area (Å²) < 4.78 is 7.64. The van der Waals surface area contributed by atoms with Crippen LogP contribution in [0.2, 0.25) is 0 Å². The monoisotopic (exact) mass is 227 g/mol. The van der Waals surface area contributed by atoms with Gasteiger partial charge in [0.1, 0.15) is 0 Å². The number of methoxy groups -OCH3 is 1. The Morgan fingerprint density at radius 1 is 1.58 bits per heavy atom. The summed E-state index contributed by atoms with van der Waals surface area (Å²) in [5.41, 5.74) is 0. The van der Waals surface area contributed by atoms with Gasteiger partial charge < -0.3 is 4.74 Å². The van der Waals surface area contributed by atoms with E-state index in [1.54, 1.807) is 13.3 Å². The summed E-state index contributed by atoms with van der Waals surface area (Å²) in [5.74, 6) is 1.18. The molecule has 2 rings (SSSR count). The van der Waals surface area contributed by atoms with Crippen LogP contribution in [0.4, 0.5) is 0 Å². The first-order valence-electron chi connectivity index (χ1n) is 3.34. The maximum Gasteiger partial charge on any atom is 0.237 e. The largest absolute Gasteiger partial charge is 0.480 e. The zero-order valence-corrected chi connectivity index (χ0v) is 7.95. The van der Waals surface area contributed by atoms with Crippen molar-refractivity contribution in [3.8, 4) is 5.88 Å². The maximum absolute atomic E-state index is 5.01. The first-order chi connectivity index (χ1) is 5.81. The van der Waals surface area contributed by atoms with Gasteiger partial charge in [-0.3, -0.25) is 4.40 Å². The first kappa shape index (κ1) is 7.54. The Labute approximate surface area is 77.3 Å². The van der Waals surface area contributed by atoms with Crippen LogP contribution in [0.15, 0.2) is 23.1 Å². The summed E-state index contributed by atoms with van der Waals surface area (Å²) in [6, 6.07) is 0. The van der Waals surface area contributed by atoms with Gasteiger partial charge >= 0.3 is 0 Å². The Hall–Kier alpha value is -1.10. The highest BCUT2D eigenvalue weighted by atomic mass is 79.9. The van der Waals surface area contributed by atoms with Crippen molar-refractivity contribution in [2.24, 2.45) is 0 Å². The number of fused-ring (bicyclic) bond motifs is 1. The lowest BCUT2D eigenvalue weighted by molar-refractivity contribution is 0.395. The number of rotatable bonds is 1. The molecule has 4 nitrogen and oxygen atoms in total. The lowest BCUT2D eigenvalue weighted by Gasteiger charge is -2.01. The van der Waals surface area contributed by atoms with Gasteiger partial charge in [-0.1, -0.05) is 0 Å². The standard InChI is InChI=1S/C7H6BrN3O/c1-12-6-5(8)4-11-3-2-9-7(11)10-6/h2-4H,1H3. The summed E-state index contributed by atoms with van der Waals surface area (Å²) in [4.78, 5) is 8.16. The molecule has 0 radical (unpaired) electrons. The van der Waals surface area contributed by atoms with Crippen molar-refractivity contribution in [2.45, 2.75) is 0 Å². The van der Waals surface area contributed by atoms with Crippen LogP contribution in [-0.2, 0) is 0 Å². The molecule has 0 aliphatic heterocycles. The Morgan fingerprint density at radius 2 is 2.42 bits per heavy atom. The van der Waals surface area contributed by atoms with Gasteiger partial charge in [0.2, 0.25) is 11.7 Å². The van der Waals surface area contributed by atoms with Gasteiger partial charge in [0.25, 0.3) is 0 Å². The Balaban J connectivity index is 2.73. The second-order valence-corrected chi connectivity index (χ2v) is 3.09. The van der Waals surface area contributed by atoms with Crippen LogP contribution < -0.4 is 4.74 Å². The van der Waals surface area contributed by atoms with E-state index in [0.29, 0.717) is 11.7 Å². The molecule has 0 aromatic carbocycles. The topological polar surface area (TPSA) is 39.4 Å². The third kappa shape index (κ3) is 1.06. The molecule has 12 heavy (non-hydrogen) atoms. The fourth-order valence-corrected chi connectivity index (χ4v) is 1.43. The van der Waals surface area contributed by atoms with Gasteiger partial charge in [0.05, 0.1) is 11.6 Å². The van der Waals surface area contributed by atoms with Crippen molar-refractivity contribution in [3.05, 3.63) is 23.1 Å². The predicted octanol–water partition coefficient (Wildman–Crippen LogP) is 1.50. The molecule has 0 aliphatic rings. The molecule has 2 aromatic heterocycles. The summed E-state index contributed by atoms with van der Waals surface area (Å²) in [5, 5.41) is 0. The molecule has 0 atom stereocenters. The number of hydrogen-bond donors (Lipinski definition) is 0. The molecule has 0 spiro atoms. The van der Waals surface area contributed by atoms with Crippen molar-refractivity contribution < 1.29 is 4.74 Å². The van der Waals surface area contributed by atoms with Crippen LogP contribution >= 0.6 is 15.9 Å². The molecule has 5 heteroatoms. The van der Waals surface area contributed by atoms with E-state index in [-0.39, 0.29) is 0 Å². The lowest BCUT2D eigenvalue weighted by atomic mass is 10.6. The Kier molecular flexibility index (Phi) is 1.73. The molecule has 0 fully saturated rings. The van der Waals surface area contributed by atoms with Gasteiger partial charge in [0.15, 0.2) is 0 Å². The molecule has 0 saturated heterocycles. The van der Waals surface area contributed by atoms with Crippen molar-refractivity contribution in [1.29, 1.82) is 0 Å². The van der Waals surface area contributed by atoms with Gasteiger partial charge in [-0.05, 0) is 15.9 Å². The normalized spacial score (nSPS) is 10.5. The number of ether oxygens (including phenoxy) is 1. The second kappa shape index (κ2) is 2.75. The minimum absolute atomic E-state index is 0.550. The molecule has 2 heterocycles. The zero-order chi connectivity index (χ0) is 8.55. The van der Waals surface area contributed by atoms with Gasteiger partial charge in [-0.25, -0.2) is 4.98 Å². The Morgan fingerprint density at radius 3 is 3.17 bits per heavy atom. The predicted molar refractivity (Wildman–Crippen MR) is 47.2 cm³/mol. The smallest absolute Gasteiger partial charge is 0.237 e. The van der Waals surface area contributed by atoms with E-state index in [1.807, 2.05) is 16.8 Å². The van der Waals surface area contributed by atoms with Crippen molar-refractivity contribution >= 4 is 21.7 Å². The summed E-state index contributed by atoms with van der Waals surface area (Å²) in [6.45, 7) is 0. The molecular formula is C7H6BrN3O. The zero-order valence-electron chi connectivity index (χ0n) is 6.36. The van der Waals surface area contributed by atoms with E-state index in [9.17, 15) is 0 Å². The quantitative estimate of drug-likeness (QED) is 0.742. The van der Waals surface area contributed by atoms with Crippen molar-refractivity contribution in [1.82, 2.24) is 14.4 Å². The molecule has 0 bridgehead atoms. The number of imidazole rings is 1. The van der Waals surface area contributed by atoms with Crippen molar-refractivity contribution in [2.75, 3.05) is 7.11 Å². The summed E-state index contributed by atoms with van der Waals surface area (Å²) in [6.07, 6.45) is 5.37. The molecule has 0 unspecified atom stereocenters. The summed E-state index contributed by atoms with van der Waals surface area (Å²) in [7, 11) is 1.58. The molecule has 0 amide bonds. The fraction of sp³-hybridized carbons (Fsp3) is 0.143. The number of aromatic nitrogens is 3. The SMILES string of the molecule is COc1nc2nccn2cc1Br. The molecule has 0 N–H and O–H groups in total.